The van der Waals surface area contributed by atoms with Crippen LogP contribution in [0.15, 0.2) is 0 Å². The van der Waals surface area contributed by atoms with Gasteiger partial charge in [0, 0.05) is 13.3 Å². The van der Waals surface area contributed by atoms with E-state index in [0.717, 1.165) is 32.1 Å². The van der Waals surface area contributed by atoms with Crippen molar-refractivity contribution in [2.24, 2.45) is 34.5 Å². The van der Waals surface area contributed by atoms with Gasteiger partial charge in [0.1, 0.15) is 6.10 Å². The van der Waals surface area contributed by atoms with Crippen LogP contribution in [0, 0.1) is 34.5 Å². The molecule has 0 aromatic carbocycles. The molecule has 4 fully saturated rings. The van der Waals surface area contributed by atoms with E-state index in [4.69, 9.17) is 14.2 Å². The largest absolute Gasteiger partial charge is 0.466 e. The predicted octanol–water partition coefficient (Wildman–Crippen LogP) is 3.80. The Bertz CT molecular complexity index is 796. The highest BCUT2D eigenvalue weighted by atomic mass is 16.5. The molecule has 0 saturated heterocycles. The topological polar surface area (TPSA) is 99.1 Å². The third-order valence-electron chi connectivity index (χ3n) is 9.76. The normalized spacial score (nSPS) is 44.1. The van der Waals surface area contributed by atoms with Crippen LogP contribution in [0.3, 0.4) is 0 Å². The highest BCUT2D eigenvalue weighted by molar-refractivity contribution is 5.80. The number of rotatable bonds is 5. The molecule has 0 amide bonds. The molecule has 0 spiro atoms. The van der Waals surface area contributed by atoms with Crippen molar-refractivity contribution in [1.82, 2.24) is 0 Å². The second-order valence-electron chi connectivity index (χ2n) is 11.0. The average molecular weight is 465 g/mol. The maximum absolute atomic E-state index is 13.6. The molecular formula is C26H40O7. The van der Waals surface area contributed by atoms with E-state index >= 15 is 0 Å². The fourth-order valence-corrected chi connectivity index (χ4v) is 8.51. The first-order valence-electron chi connectivity index (χ1n) is 12.9. The number of ether oxygens (including phenoxy) is 3. The van der Waals surface area contributed by atoms with Gasteiger partial charge in [-0.1, -0.05) is 6.92 Å². The lowest BCUT2D eigenvalue weighted by atomic mass is 9.42. The first-order chi connectivity index (χ1) is 15.6. The summed E-state index contributed by atoms with van der Waals surface area (Å²) in [4.78, 5) is 37.9. The Morgan fingerprint density at radius 3 is 2.30 bits per heavy atom. The van der Waals surface area contributed by atoms with E-state index in [1.165, 1.54) is 6.92 Å². The van der Waals surface area contributed by atoms with E-state index in [2.05, 4.69) is 6.92 Å². The number of carbonyl (C=O) groups excluding carboxylic acids is 3. The molecule has 4 saturated carbocycles. The summed E-state index contributed by atoms with van der Waals surface area (Å²) >= 11 is 0. The summed E-state index contributed by atoms with van der Waals surface area (Å²) in [6, 6.07) is 0. The standard InChI is InChI=1S/C26H40O7/c1-5-31-22(28)21-8-7-19-18-10-13-25(30)15-17(33-16(3)27)9-14-26(25,23(29)32-6-2)20(18)11-12-24(19,21)4/h17-21,30H,5-15H2,1-4H3/t17-,18+,19-,20-,21+,24+,25+,26-/m1/s1. The number of fused-ring (bicyclic) bond motifs is 5. The van der Waals surface area contributed by atoms with Crippen molar-refractivity contribution in [2.75, 3.05) is 13.2 Å². The van der Waals surface area contributed by atoms with Gasteiger partial charge in [-0.15, -0.1) is 0 Å². The van der Waals surface area contributed by atoms with Crippen LogP contribution in [0.2, 0.25) is 0 Å². The van der Waals surface area contributed by atoms with Gasteiger partial charge in [-0.3, -0.25) is 14.4 Å². The van der Waals surface area contributed by atoms with Crippen LogP contribution < -0.4 is 0 Å². The molecule has 0 aromatic rings. The molecule has 0 aromatic heterocycles. The summed E-state index contributed by atoms with van der Waals surface area (Å²) in [5.74, 6) is -0.242. The Labute approximate surface area is 196 Å². The third kappa shape index (κ3) is 3.69. The van der Waals surface area contributed by atoms with Crippen LogP contribution in [0.25, 0.3) is 0 Å². The van der Waals surface area contributed by atoms with Crippen molar-refractivity contribution in [1.29, 1.82) is 0 Å². The molecule has 4 rings (SSSR count). The van der Waals surface area contributed by atoms with E-state index in [0.29, 0.717) is 31.8 Å². The zero-order valence-electron chi connectivity index (χ0n) is 20.6. The number of aliphatic hydroxyl groups is 1. The highest BCUT2D eigenvalue weighted by Gasteiger charge is 2.70. The fourth-order valence-electron chi connectivity index (χ4n) is 8.51. The molecule has 0 aliphatic heterocycles. The van der Waals surface area contributed by atoms with Crippen LogP contribution in [0.1, 0.15) is 85.5 Å². The lowest BCUT2D eigenvalue weighted by Gasteiger charge is -2.63. The fraction of sp³-hybridized carbons (Fsp3) is 0.885. The minimum atomic E-state index is -1.24. The van der Waals surface area contributed by atoms with E-state index in [-0.39, 0.29) is 60.2 Å². The monoisotopic (exact) mass is 464 g/mol. The van der Waals surface area contributed by atoms with Crippen LogP contribution in [-0.2, 0) is 28.6 Å². The van der Waals surface area contributed by atoms with Gasteiger partial charge in [-0.25, -0.2) is 0 Å². The van der Waals surface area contributed by atoms with Gasteiger partial charge < -0.3 is 19.3 Å². The molecule has 33 heavy (non-hydrogen) atoms. The number of hydrogen-bond donors (Lipinski definition) is 1. The van der Waals surface area contributed by atoms with Crippen LogP contribution in [0.4, 0.5) is 0 Å². The molecule has 0 unspecified atom stereocenters. The lowest BCUT2D eigenvalue weighted by molar-refractivity contribution is -0.240. The summed E-state index contributed by atoms with van der Waals surface area (Å²) < 4.78 is 16.5. The second-order valence-corrected chi connectivity index (χ2v) is 11.0. The van der Waals surface area contributed by atoms with Gasteiger partial charge in [-0.2, -0.15) is 0 Å². The lowest BCUT2D eigenvalue weighted by Crippen LogP contribution is -2.67. The van der Waals surface area contributed by atoms with Gasteiger partial charge in [0.2, 0.25) is 0 Å². The Kier molecular flexibility index (Phi) is 6.58. The van der Waals surface area contributed by atoms with E-state index in [1.54, 1.807) is 6.92 Å². The third-order valence-corrected chi connectivity index (χ3v) is 9.76. The Morgan fingerprint density at radius 1 is 0.909 bits per heavy atom. The number of carbonyl (C=O) groups is 3. The van der Waals surface area contributed by atoms with Gasteiger partial charge in [0.15, 0.2) is 0 Å². The quantitative estimate of drug-likeness (QED) is 0.488. The molecule has 7 heteroatoms. The summed E-state index contributed by atoms with van der Waals surface area (Å²) in [6.07, 6.45) is 5.63. The molecule has 4 aliphatic rings. The molecule has 186 valence electrons. The number of esters is 3. The first kappa shape index (κ1) is 24.5. The summed E-state index contributed by atoms with van der Waals surface area (Å²) in [5, 5.41) is 12.0. The second kappa shape index (κ2) is 8.86. The maximum Gasteiger partial charge on any atom is 0.315 e. The van der Waals surface area contributed by atoms with Crippen molar-refractivity contribution < 1.29 is 33.7 Å². The molecule has 7 nitrogen and oxygen atoms in total. The first-order valence-corrected chi connectivity index (χ1v) is 12.9. The molecule has 0 radical (unpaired) electrons. The minimum Gasteiger partial charge on any atom is -0.466 e. The Balaban J connectivity index is 1.66. The van der Waals surface area contributed by atoms with E-state index in [9.17, 15) is 19.5 Å². The highest BCUT2D eigenvalue weighted by Crippen LogP contribution is 2.69. The summed E-state index contributed by atoms with van der Waals surface area (Å²) in [5.41, 5.74) is -2.36. The Hall–Kier alpha value is -1.63. The predicted molar refractivity (Wildman–Crippen MR) is 120 cm³/mol. The van der Waals surface area contributed by atoms with Gasteiger partial charge in [-0.05, 0) is 88.4 Å². The average Bonchev–Trinajstić information content (AvgIpc) is 3.10. The van der Waals surface area contributed by atoms with Crippen LogP contribution >= 0.6 is 0 Å². The molecular weight excluding hydrogens is 424 g/mol. The molecule has 0 heterocycles. The van der Waals surface area contributed by atoms with Crippen molar-refractivity contribution in [2.45, 2.75) is 97.2 Å². The zero-order chi connectivity index (χ0) is 24.0. The van der Waals surface area contributed by atoms with Gasteiger partial charge in [0.05, 0.1) is 30.1 Å². The van der Waals surface area contributed by atoms with E-state index < -0.39 is 11.0 Å². The van der Waals surface area contributed by atoms with Crippen molar-refractivity contribution in [3.63, 3.8) is 0 Å². The smallest absolute Gasteiger partial charge is 0.315 e. The SMILES string of the molecule is CCOC(=O)[C@@H]1CC[C@@H]2[C@@H]3CC[C@]4(O)C[C@H](OC(C)=O)CC[C@]4(C(=O)OCC)[C@@H]3CC[C@@]21C. The van der Waals surface area contributed by atoms with Crippen LogP contribution in [0.5, 0.6) is 0 Å². The summed E-state index contributed by atoms with van der Waals surface area (Å²) in [6.45, 7) is 7.93. The van der Waals surface area contributed by atoms with Crippen molar-refractivity contribution in [3.8, 4) is 0 Å². The molecule has 4 aliphatic carbocycles. The van der Waals surface area contributed by atoms with Gasteiger partial charge in [0.25, 0.3) is 0 Å². The van der Waals surface area contributed by atoms with Gasteiger partial charge >= 0.3 is 17.9 Å². The minimum absolute atomic E-state index is 0.00704. The summed E-state index contributed by atoms with van der Waals surface area (Å²) in [7, 11) is 0. The Morgan fingerprint density at radius 2 is 1.64 bits per heavy atom. The van der Waals surface area contributed by atoms with Crippen molar-refractivity contribution >= 4 is 17.9 Å². The maximum atomic E-state index is 13.6. The van der Waals surface area contributed by atoms with Crippen molar-refractivity contribution in [3.05, 3.63) is 0 Å². The molecule has 1 N–H and O–H groups in total. The molecule has 0 bridgehead atoms. The number of hydrogen-bond acceptors (Lipinski definition) is 7. The molecule has 8 atom stereocenters. The van der Waals surface area contributed by atoms with E-state index in [1.807, 2.05) is 6.92 Å². The zero-order valence-corrected chi connectivity index (χ0v) is 20.6. The van der Waals surface area contributed by atoms with Crippen LogP contribution in [-0.4, -0.2) is 47.9 Å².